The molecule has 0 bridgehead atoms. The summed E-state index contributed by atoms with van der Waals surface area (Å²) in [5, 5.41) is 11.3. The smallest absolute Gasteiger partial charge is 0.434 e. The average Bonchev–Trinajstić information content (AvgIpc) is 2.80. The number of carbonyl (C=O) groups is 1. The summed E-state index contributed by atoms with van der Waals surface area (Å²) in [7, 11) is 1.40. The number of aliphatic hydroxyl groups excluding tert-OH is 1. The minimum Gasteiger partial charge on any atom is -0.440 e. The molecule has 3 atom stereocenters. The fraction of sp³-hybridized carbons (Fsp3) is 0.923. The van der Waals surface area contributed by atoms with E-state index in [0.29, 0.717) is 5.92 Å². The number of rotatable bonds is 5. The maximum atomic E-state index is 11.4. The fourth-order valence-electron chi connectivity index (χ4n) is 3.01. The lowest BCUT2D eigenvalue weighted by Crippen LogP contribution is -2.45. The standard InChI is InChI=1S/C13H24N2O4/c1-18-15-8-11(19-13(15)17)12(16)10(14)7-9-5-3-2-4-6-9/h9-12,16H,2-8,14H2,1H3/t10?,11-,12?/m0/s1. The van der Waals surface area contributed by atoms with Crippen molar-refractivity contribution in [3.8, 4) is 0 Å². The van der Waals surface area contributed by atoms with E-state index in [1.807, 2.05) is 0 Å². The molecule has 2 fully saturated rings. The van der Waals surface area contributed by atoms with Gasteiger partial charge in [-0.25, -0.2) is 4.79 Å². The van der Waals surface area contributed by atoms with E-state index in [4.69, 9.17) is 15.3 Å². The molecule has 2 aliphatic rings. The van der Waals surface area contributed by atoms with Gasteiger partial charge in [0.25, 0.3) is 0 Å². The summed E-state index contributed by atoms with van der Waals surface area (Å²) in [6, 6.07) is -0.349. The highest BCUT2D eigenvalue weighted by Crippen LogP contribution is 2.28. The summed E-state index contributed by atoms with van der Waals surface area (Å²) in [5.74, 6) is 0.592. The lowest BCUT2D eigenvalue weighted by atomic mass is 9.83. The molecular weight excluding hydrogens is 248 g/mol. The van der Waals surface area contributed by atoms with E-state index in [-0.39, 0.29) is 12.6 Å². The van der Waals surface area contributed by atoms with Gasteiger partial charge in [-0.05, 0) is 12.3 Å². The number of nitrogens with two attached hydrogens (primary N) is 1. The quantitative estimate of drug-likeness (QED) is 0.780. The van der Waals surface area contributed by atoms with Crippen molar-refractivity contribution in [1.29, 1.82) is 0 Å². The van der Waals surface area contributed by atoms with Crippen molar-refractivity contribution in [2.75, 3.05) is 13.7 Å². The topological polar surface area (TPSA) is 85.0 Å². The molecule has 110 valence electrons. The minimum atomic E-state index is -0.828. The predicted octanol–water partition coefficient (Wildman–Crippen LogP) is 1.03. The molecule has 1 heterocycles. The second-order valence-electron chi connectivity index (χ2n) is 5.56. The van der Waals surface area contributed by atoms with Crippen LogP contribution in [0.15, 0.2) is 0 Å². The van der Waals surface area contributed by atoms with E-state index in [2.05, 4.69) is 0 Å². The van der Waals surface area contributed by atoms with Crippen molar-refractivity contribution >= 4 is 6.09 Å². The van der Waals surface area contributed by atoms with Gasteiger partial charge in [-0.3, -0.25) is 4.84 Å². The van der Waals surface area contributed by atoms with Crippen LogP contribution >= 0.6 is 0 Å². The van der Waals surface area contributed by atoms with Gasteiger partial charge in [0.15, 0.2) is 6.10 Å². The summed E-state index contributed by atoms with van der Waals surface area (Å²) in [6.45, 7) is 0.231. The van der Waals surface area contributed by atoms with E-state index in [1.54, 1.807) is 0 Å². The Kier molecular flexibility index (Phi) is 5.01. The van der Waals surface area contributed by atoms with Crippen LogP contribution in [0, 0.1) is 5.92 Å². The van der Waals surface area contributed by atoms with Gasteiger partial charge in [-0.1, -0.05) is 32.1 Å². The van der Waals surface area contributed by atoms with Gasteiger partial charge in [-0.2, -0.15) is 5.06 Å². The van der Waals surface area contributed by atoms with E-state index >= 15 is 0 Å². The molecule has 0 spiro atoms. The van der Waals surface area contributed by atoms with Crippen molar-refractivity contribution in [3.05, 3.63) is 0 Å². The molecule has 6 nitrogen and oxygen atoms in total. The van der Waals surface area contributed by atoms with Crippen molar-refractivity contribution in [1.82, 2.24) is 5.06 Å². The third kappa shape index (κ3) is 3.58. The molecule has 3 N–H and O–H groups in total. The van der Waals surface area contributed by atoms with Crippen molar-refractivity contribution in [3.63, 3.8) is 0 Å². The number of hydrogen-bond donors (Lipinski definition) is 2. The van der Waals surface area contributed by atoms with Crippen LogP contribution in [0.4, 0.5) is 4.79 Å². The van der Waals surface area contributed by atoms with Crippen LogP contribution in [0.5, 0.6) is 0 Å². The minimum absolute atomic E-state index is 0.231. The Balaban J connectivity index is 1.81. The Hall–Kier alpha value is -0.850. The van der Waals surface area contributed by atoms with Crippen LogP contribution in [-0.4, -0.2) is 48.2 Å². The summed E-state index contributed by atoms with van der Waals surface area (Å²) in [5.41, 5.74) is 6.06. The number of aliphatic hydroxyl groups is 1. The molecule has 0 radical (unpaired) electrons. The zero-order chi connectivity index (χ0) is 13.8. The molecule has 2 rings (SSSR count). The van der Waals surface area contributed by atoms with E-state index in [9.17, 15) is 9.90 Å². The zero-order valence-electron chi connectivity index (χ0n) is 11.5. The number of hydroxylamine groups is 2. The monoisotopic (exact) mass is 272 g/mol. The molecule has 1 aliphatic heterocycles. The van der Waals surface area contributed by atoms with Gasteiger partial charge in [0, 0.05) is 6.04 Å². The first kappa shape index (κ1) is 14.6. The van der Waals surface area contributed by atoms with Crippen LogP contribution in [0.25, 0.3) is 0 Å². The normalized spacial score (nSPS) is 28.3. The molecule has 0 aromatic rings. The summed E-state index contributed by atoms with van der Waals surface area (Å²) in [6.07, 6.45) is 5.00. The second-order valence-corrected chi connectivity index (χ2v) is 5.56. The number of cyclic esters (lactones) is 1. The Morgan fingerprint density at radius 1 is 1.47 bits per heavy atom. The lowest BCUT2D eigenvalue weighted by molar-refractivity contribution is -0.0777. The predicted molar refractivity (Wildman–Crippen MR) is 69.2 cm³/mol. The highest BCUT2D eigenvalue weighted by atomic mass is 16.7. The van der Waals surface area contributed by atoms with Gasteiger partial charge in [0.1, 0.15) is 6.10 Å². The molecular formula is C13H24N2O4. The highest BCUT2D eigenvalue weighted by Gasteiger charge is 2.39. The molecule has 1 saturated carbocycles. The van der Waals surface area contributed by atoms with Gasteiger partial charge in [-0.15, -0.1) is 0 Å². The first-order chi connectivity index (χ1) is 9.11. The Labute approximate surface area is 113 Å². The van der Waals surface area contributed by atoms with Gasteiger partial charge < -0.3 is 15.6 Å². The number of nitrogens with zero attached hydrogens (tertiary/aromatic N) is 1. The molecule has 1 saturated heterocycles. The summed E-state index contributed by atoms with van der Waals surface area (Å²) >= 11 is 0. The fourth-order valence-corrected chi connectivity index (χ4v) is 3.01. The molecule has 0 aromatic heterocycles. The van der Waals surface area contributed by atoms with E-state index in [0.717, 1.165) is 11.5 Å². The van der Waals surface area contributed by atoms with E-state index in [1.165, 1.54) is 39.2 Å². The molecule has 2 unspecified atom stereocenters. The number of ether oxygens (including phenoxy) is 1. The highest BCUT2D eigenvalue weighted by molar-refractivity contribution is 5.68. The first-order valence-corrected chi connectivity index (χ1v) is 7.07. The van der Waals surface area contributed by atoms with Crippen molar-refractivity contribution < 1.29 is 19.5 Å². The van der Waals surface area contributed by atoms with Crippen LogP contribution in [0.2, 0.25) is 0 Å². The first-order valence-electron chi connectivity index (χ1n) is 7.07. The Bertz CT molecular complexity index is 307. The number of carbonyl (C=O) groups excluding carboxylic acids is 1. The number of hydrogen-bond acceptors (Lipinski definition) is 5. The zero-order valence-corrected chi connectivity index (χ0v) is 11.5. The van der Waals surface area contributed by atoms with Crippen LogP contribution in [0.3, 0.4) is 0 Å². The Morgan fingerprint density at radius 3 is 2.74 bits per heavy atom. The third-order valence-corrected chi connectivity index (χ3v) is 4.17. The van der Waals surface area contributed by atoms with E-state index < -0.39 is 18.3 Å². The van der Waals surface area contributed by atoms with Crippen LogP contribution in [0.1, 0.15) is 38.5 Å². The summed E-state index contributed by atoms with van der Waals surface area (Å²) < 4.78 is 5.07. The third-order valence-electron chi connectivity index (χ3n) is 4.17. The van der Waals surface area contributed by atoms with Crippen molar-refractivity contribution in [2.24, 2.45) is 11.7 Å². The van der Waals surface area contributed by atoms with Crippen LogP contribution < -0.4 is 5.73 Å². The molecule has 1 amide bonds. The average molecular weight is 272 g/mol. The maximum Gasteiger partial charge on any atom is 0.434 e. The largest absolute Gasteiger partial charge is 0.440 e. The molecule has 0 aromatic carbocycles. The second kappa shape index (κ2) is 6.54. The van der Waals surface area contributed by atoms with Gasteiger partial charge in [0.2, 0.25) is 0 Å². The maximum absolute atomic E-state index is 11.4. The number of amides is 1. The van der Waals surface area contributed by atoms with Gasteiger partial charge in [0.05, 0.1) is 13.7 Å². The van der Waals surface area contributed by atoms with Crippen LogP contribution in [-0.2, 0) is 9.57 Å². The van der Waals surface area contributed by atoms with Crippen molar-refractivity contribution in [2.45, 2.75) is 56.8 Å². The molecule has 19 heavy (non-hydrogen) atoms. The Morgan fingerprint density at radius 2 is 2.16 bits per heavy atom. The summed E-state index contributed by atoms with van der Waals surface area (Å²) in [4.78, 5) is 16.2. The van der Waals surface area contributed by atoms with Gasteiger partial charge >= 0.3 is 6.09 Å². The molecule has 6 heteroatoms. The lowest BCUT2D eigenvalue weighted by Gasteiger charge is -2.28. The SMILES string of the molecule is CON1C[C@@H](C(O)C(N)CC2CCCCC2)OC1=O. The molecule has 1 aliphatic carbocycles.